The van der Waals surface area contributed by atoms with Gasteiger partial charge in [0.2, 0.25) is 0 Å². The van der Waals surface area contributed by atoms with E-state index in [0.29, 0.717) is 24.4 Å². The van der Waals surface area contributed by atoms with Crippen molar-refractivity contribution in [1.29, 1.82) is 0 Å². The van der Waals surface area contributed by atoms with Crippen LogP contribution in [0.4, 0.5) is 0 Å². The maximum Gasteiger partial charge on any atom is 0.191 e. The number of aliphatic imine (C=N–C) groups is 1. The monoisotopic (exact) mass is 554 g/mol. The standard InChI is InChI=1S/C19H31BrN4O2.HI/c1-13(2)24-8-6-15(7-9-24)23-19(21-3)22-12-14-10-17(25-4)18(26-5)11-16(14)20;/h10-11,13,15H,6-9,12H2,1-5H3,(H2,21,22,23);1H. The average molecular weight is 555 g/mol. The van der Waals surface area contributed by atoms with Crippen LogP contribution in [0.15, 0.2) is 21.6 Å². The Balaban J connectivity index is 0.00000364. The van der Waals surface area contributed by atoms with Crippen LogP contribution < -0.4 is 20.1 Å². The fourth-order valence-electron chi connectivity index (χ4n) is 3.16. The zero-order valence-corrected chi connectivity index (χ0v) is 20.8. The third-order valence-electron chi connectivity index (χ3n) is 4.82. The van der Waals surface area contributed by atoms with Gasteiger partial charge in [0.05, 0.1) is 14.2 Å². The highest BCUT2D eigenvalue weighted by molar-refractivity contribution is 14.0. The van der Waals surface area contributed by atoms with E-state index < -0.39 is 0 Å². The van der Waals surface area contributed by atoms with Crippen LogP contribution in [0.2, 0.25) is 0 Å². The van der Waals surface area contributed by atoms with E-state index in [4.69, 9.17) is 9.47 Å². The van der Waals surface area contributed by atoms with Crippen molar-refractivity contribution in [1.82, 2.24) is 15.5 Å². The Hall–Kier alpha value is -0.740. The number of hydrogen-bond donors (Lipinski definition) is 2. The summed E-state index contributed by atoms with van der Waals surface area (Å²) in [7, 11) is 5.09. The van der Waals surface area contributed by atoms with Crippen LogP contribution in [0.25, 0.3) is 0 Å². The maximum atomic E-state index is 5.39. The predicted octanol–water partition coefficient (Wildman–Crippen LogP) is 3.62. The Kier molecular flexibility index (Phi) is 10.8. The molecule has 154 valence electrons. The third kappa shape index (κ3) is 6.98. The van der Waals surface area contributed by atoms with Crippen molar-refractivity contribution in [3.05, 3.63) is 22.2 Å². The molecule has 1 aromatic rings. The van der Waals surface area contributed by atoms with Crippen molar-refractivity contribution in [2.45, 2.75) is 45.3 Å². The summed E-state index contributed by atoms with van der Waals surface area (Å²) in [5, 5.41) is 6.94. The Morgan fingerprint density at radius 2 is 1.81 bits per heavy atom. The molecule has 0 unspecified atom stereocenters. The van der Waals surface area contributed by atoms with Gasteiger partial charge in [0.15, 0.2) is 17.5 Å². The van der Waals surface area contributed by atoms with Crippen molar-refractivity contribution in [3.63, 3.8) is 0 Å². The highest BCUT2D eigenvalue weighted by Crippen LogP contribution is 2.33. The average Bonchev–Trinajstić information content (AvgIpc) is 2.65. The lowest BCUT2D eigenvalue weighted by atomic mass is 10.0. The van der Waals surface area contributed by atoms with Gasteiger partial charge in [0, 0.05) is 43.2 Å². The molecule has 1 fully saturated rings. The normalized spacial score (nSPS) is 16.0. The number of nitrogens with zero attached hydrogens (tertiary/aromatic N) is 2. The Bertz CT molecular complexity index is 620. The Labute approximate surface area is 188 Å². The molecular weight excluding hydrogens is 523 g/mol. The number of ether oxygens (including phenoxy) is 2. The second-order valence-electron chi connectivity index (χ2n) is 6.77. The van der Waals surface area contributed by atoms with Crippen LogP contribution in [-0.4, -0.2) is 57.3 Å². The Morgan fingerprint density at radius 1 is 1.22 bits per heavy atom. The van der Waals surface area contributed by atoms with Crippen molar-refractivity contribution in [2.75, 3.05) is 34.4 Å². The molecule has 2 rings (SSSR count). The first-order valence-electron chi connectivity index (χ1n) is 9.10. The van der Waals surface area contributed by atoms with Gasteiger partial charge < -0.3 is 25.0 Å². The molecule has 8 heteroatoms. The molecule has 0 aliphatic carbocycles. The van der Waals surface area contributed by atoms with Gasteiger partial charge in [-0.15, -0.1) is 24.0 Å². The number of hydrogen-bond acceptors (Lipinski definition) is 4. The summed E-state index contributed by atoms with van der Waals surface area (Å²) in [5.41, 5.74) is 1.08. The molecule has 0 bridgehead atoms. The van der Waals surface area contributed by atoms with Crippen LogP contribution in [0, 0.1) is 0 Å². The zero-order valence-electron chi connectivity index (χ0n) is 16.8. The van der Waals surface area contributed by atoms with Crippen LogP contribution in [-0.2, 0) is 6.54 Å². The predicted molar refractivity (Wildman–Crippen MR) is 126 cm³/mol. The molecule has 27 heavy (non-hydrogen) atoms. The number of nitrogens with one attached hydrogen (secondary N) is 2. The van der Waals surface area contributed by atoms with Gasteiger partial charge in [-0.1, -0.05) is 15.9 Å². The minimum absolute atomic E-state index is 0. The SMILES string of the molecule is CN=C(NCc1cc(OC)c(OC)cc1Br)NC1CCN(C(C)C)CC1.I. The van der Waals surface area contributed by atoms with E-state index in [-0.39, 0.29) is 24.0 Å². The molecule has 2 N–H and O–H groups in total. The zero-order chi connectivity index (χ0) is 19.1. The van der Waals surface area contributed by atoms with E-state index in [2.05, 4.69) is 50.3 Å². The van der Waals surface area contributed by atoms with Gasteiger partial charge in [0.25, 0.3) is 0 Å². The minimum Gasteiger partial charge on any atom is -0.493 e. The number of likely N-dealkylation sites (tertiary alicyclic amines) is 1. The molecular formula is C19H32BrIN4O2. The molecule has 1 aromatic carbocycles. The summed E-state index contributed by atoms with van der Waals surface area (Å²) in [5.74, 6) is 2.26. The van der Waals surface area contributed by atoms with Gasteiger partial charge in [-0.2, -0.15) is 0 Å². The van der Waals surface area contributed by atoms with Crippen LogP contribution in [0.5, 0.6) is 11.5 Å². The minimum atomic E-state index is 0. The topological polar surface area (TPSA) is 58.1 Å². The number of guanidine groups is 1. The third-order valence-corrected chi connectivity index (χ3v) is 5.56. The number of rotatable bonds is 6. The smallest absolute Gasteiger partial charge is 0.191 e. The van der Waals surface area contributed by atoms with Crippen molar-refractivity contribution in [2.24, 2.45) is 4.99 Å². The summed E-state index contributed by atoms with van der Waals surface area (Å²) in [4.78, 5) is 6.89. The molecule has 6 nitrogen and oxygen atoms in total. The fraction of sp³-hybridized carbons (Fsp3) is 0.632. The molecule has 0 radical (unpaired) electrons. The largest absolute Gasteiger partial charge is 0.493 e. The summed E-state index contributed by atoms with van der Waals surface area (Å²) in [6.07, 6.45) is 2.28. The Morgan fingerprint density at radius 3 is 2.33 bits per heavy atom. The molecule has 0 aromatic heterocycles. The van der Waals surface area contributed by atoms with Gasteiger partial charge in [0.1, 0.15) is 0 Å². The first kappa shape index (κ1) is 24.3. The van der Waals surface area contributed by atoms with E-state index in [0.717, 1.165) is 47.7 Å². The molecule has 1 aliphatic rings. The number of benzene rings is 1. The van der Waals surface area contributed by atoms with Crippen molar-refractivity contribution < 1.29 is 9.47 Å². The maximum absolute atomic E-state index is 5.39. The van der Waals surface area contributed by atoms with Crippen LogP contribution >= 0.6 is 39.9 Å². The summed E-state index contributed by atoms with van der Waals surface area (Å²) < 4.78 is 11.7. The molecule has 0 atom stereocenters. The second-order valence-corrected chi connectivity index (χ2v) is 7.63. The van der Waals surface area contributed by atoms with Gasteiger partial charge in [-0.05, 0) is 44.4 Å². The summed E-state index contributed by atoms with van der Waals surface area (Å²) in [6, 6.07) is 4.98. The molecule has 0 spiro atoms. The summed E-state index contributed by atoms with van der Waals surface area (Å²) in [6.45, 7) is 7.43. The first-order chi connectivity index (χ1) is 12.5. The second kappa shape index (κ2) is 12.0. The first-order valence-corrected chi connectivity index (χ1v) is 9.89. The van der Waals surface area contributed by atoms with Gasteiger partial charge >= 0.3 is 0 Å². The van der Waals surface area contributed by atoms with Crippen LogP contribution in [0.3, 0.4) is 0 Å². The molecule has 0 saturated carbocycles. The van der Waals surface area contributed by atoms with E-state index >= 15 is 0 Å². The molecule has 1 saturated heterocycles. The van der Waals surface area contributed by atoms with E-state index in [1.54, 1.807) is 14.2 Å². The fourth-order valence-corrected chi connectivity index (χ4v) is 3.62. The highest BCUT2D eigenvalue weighted by Gasteiger charge is 2.21. The lowest BCUT2D eigenvalue weighted by molar-refractivity contribution is 0.167. The molecule has 1 aliphatic heterocycles. The van der Waals surface area contributed by atoms with Gasteiger partial charge in [-0.3, -0.25) is 4.99 Å². The quantitative estimate of drug-likeness (QED) is 0.319. The number of methoxy groups -OCH3 is 2. The highest BCUT2D eigenvalue weighted by atomic mass is 127. The van der Waals surface area contributed by atoms with Crippen molar-refractivity contribution >= 4 is 45.9 Å². The van der Waals surface area contributed by atoms with E-state index in [1.165, 1.54) is 0 Å². The molecule has 0 amide bonds. The lowest BCUT2D eigenvalue weighted by Crippen LogP contribution is -2.49. The van der Waals surface area contributed by atoms with E-state index in [1.807, 2.05) is 19.2 Å². The van der Waals surface area contributed by atoms with E-state index in [9.17, 15) is 0 Å². The number of piperidine rings is 1. The summed E-state index contributed by atoms with van der Waals surface area (Å²) >= 11 is 3.60. The van der Waals surface area contributed by atoms with Crippen LogP contribution in [0.1, 0.15) is 32.3 Å². The molecule has 1 heterocycles. The van der Waals surface area contributed by atoms with Gasteiger partial charge in [-0.25, -0.2) is 0 Å². The number of halogens is 2. The lowest BCUT2D eigenvalue weighted by Gasteiger charge is -2.35. The van der Waals surface area contributed by atoms with Crippen molar-refractivity contribution in [3.8, 4) is 11.5 Å².